The van der Waals surface area contributed by atoms with Crippen LogP contribution in [0, 0.1) is 6.92 Å². The number of aryl methyl sites for hydroxylation is 1. The molecule has 0 aromatic heterocycles. The van der Waals surface area contributed by atoms with Crippen molar-refractivity contribution in [1.29, 1.82) is 0 Å². The second-order valence-electron chi connectivity index (χ2n) is 5.13. The van der Waals surface area contributed by atoms with E-state index in [2.05, 4.69) is 54.8 Å². The Morgan fingerprint density at radius 3 is 2.56 bits per heavy atom. The maximum atomic E-state index is 9.90. The van der Waals surface area contributed by atoms with Crippen LogP contribution in [0.15, 0.2) is 17.0 Å². The van der Waals surface area contributed by atoms with Gasteiger partial charge in [-0.05, 0) is 32.9 Å². The molecular formula is C13H17NO3S. The first-order valence-corrected chi connectivity index (χ1v) is 6.49. The van der Waals surface area contributed by atoms with E-state index in [1.807, 2.05) is 6.07 Å². The first-order chi connectivity index (χ1) is 8.39. The minimum absolute atomic E-state index is 0.0102. The summed E-state index contributed by atoms with van der Waals surface area (Å²) >= 11 is 0.941. The maximum absolute atomic E-state index is 9.90. The van der Waals surface area contributed by atoms with Crippen LogP contribution in [0.25, 0.3) is 0 Å². The van der Waals surface area contributed by atoms with Crippen LogP contribution in [-0.2, 0) is 14.8 Å². The average molecular weight is 267 g/mol. The minimum atomic E-state index is -0.0102. The summed E-state index contributed by atoms with van der Waals surface area (Å²) in [6, 6.07) is 4.05. The van der Waals surface area contributed by atoms with E-state index in [4.69, 9.17) is 0 Å². The minimum Gasteiger partial charge on any atom is -0.691 e. The summed E-state index contributed by atoms with van der Waals surface area (Å²) in [6.07, 6.45) is 0. The van der Waals surface area contributed by atoms with Crippen LogP contribution in [0.5, 0.6) is 0 Å². The third kappa shape index (κ3) is 1.97. The molecule has 1 heterocycles. The lowest BCUT2D eigenvalue weighted by Crippen LogP contribution is -2.25. The molecule has 4 nitrogen and oxygen atoms in total. The molecule has 0 N–H and O–H groups in total. The van der Waals surface area contributed by atoms with Crippen LogP contribution >= 0.6 is 12.0 Å². The Balaban J connectivity index is 2.52. The fourth-order valence-electron chi connectivity index (χ4n) is 2.55. The summed E-state index contributed by atoms with van der Waals surface area (Å²) in [4.78, 5) is 0.873. The summed E-state index contributed by atoms with van der Waals surface area (Å²) in [5.74, 6) is 0. The molecule has 5 heteroatoms. The predicted octanol–water partition coefficient (Wildman–Crippen LogP) is 2.25. The van der Waals surface area contributed by atoms with Gasteiger partial charge in [-0.15, -0.1) is 0 Å². The van der Waals surface area contributed by atoms with Crippen LogP contribution in [0.1, 0.15) is 31.9 Å². The summed E-state index contributed by atoms with van der Waals surface area (Å²) in [6.45, 7) is 8.60. The van der Waals surface area contributed by atoms with Gasteiger partial charge in [0.25, 0.3) is 0 Å². The molecule has 0 bridgehead atoms. The van der Waals surface area contributed by atoms with Gasteiger partial charge < -0.3 is 5.26 Å². The number of hydrogen-bond donors (Lipinski definition) is 0. The monoisotopic (exact) mass is 267 g/mol. The fourth-order valence-corrected chi connectivity index (χ4v) is 3.05. The molecule has 18 heavy (non-hydrogen) atoms. The molecule has 0 aliphatic carbocycles. The molecule has 0 unspecified atom stereocenters. The molecule has 0 spiro atoms. The van der Waals surface area contributed by atoms with E-state index in [1.165, 1.54) is 17.0 Å². The Hall–Kier alpha value is -0.880. The maximum Gasteiger partial charge on any atom is 0.212 e. The molecular weight excluding hydrogens is 250 g/mol. The van der Waals surface area contributed by atoms with Gasteiger partial charge in [0.1, 0.15) is 7.05 Å². The van der Waals surface area contributed by atoms with Crippen molar-refractivity contribution >= 4 is 23.4 Å². The highest BCUT2D eigenvalue weighted by Gasteiger charge is 2.42. The summed E-state index contributed by atoms with van der Waals surface area (Å²) < 4.78 is 6.62. The van der Waals surface area contributed by atoms with E-state index in [0.29, 0.717) is 0 Å². The van der Waals surface area contributed by atoms with E-state index >= 15 is 0 Å². The number of nitrogens with zero attached hydrogens (tertiary/aromatic N) is 1. The normalized spacial score (nSPS) is 17.2. The van der Waals surface area contributed by atoms with Gasteiger partial charge in [0.2, 0.25) is 5.69 Å². The molecule has 98 valence electrons. The molecule has 1 aromatic carbocycles. The third-order valence-electron chi connectivity index (χ3n) is 3.85. The highest BCUT2D eigenvalue weighted by atomic mass is 32.2. The van der Waals surface area contributed by atoms with Crippen molar-refractivity contribution in [3.8, 4) is 0 Å². The van der Waals surface area contributed by atoms with E-state index in [1.54, 1.807) is 0 Å². The highest BCUT2D eigenvalue weighted by Crippen LogP contribution is 2.42. The van der Waals surface area contributed by atoms with Crippen molar-refractivity contribution in [1.82, 2.24) is 0 Å². The van der Waals surface area contributed by atoms with Crippen molar-refractivity contribution in [3.63, 3.8) is 0 Å². The van der Waals surface area contributed by atoms with E-state index in [0.717, 1.165) is 22.5 Å². The van der Waals surface area contributed by atoms with Crippen molar-refractivity contribution in [3.05, 3.63) is 23.3 Å². The van der Waals surface area contributed by atoms with Gasteiger partial charge in [-0.1, -0.05) is 0 Å². The molecule has 0 radical (unpaired) electrons. The molecule has 0 atom stereocenters. The van der Waals surface area contributed by atoms with Crippen LogP contribution in [0.2, 0.25) is 0 Å². The Kier molecular flexibility index (Phi) is 3.51. The third-order valence-corrected chi connectivity index (χ3v) is 4.40. The molecule has 0 amide bonds. The van der Waals surface area contributed by atoms with Crippen molar-refractivity contribution in [2.24, 2.45) is 0 Å². The SMILES string of the molecule is CC1=[N+](C)c2c(C)cc(SOO[O-])cc2C1(C)C. The van der Waals surface area contributed by atoms with Gasteiger partial charge >= 0.3 is 0 Å². The first kappa shape index (κ1) is 13.5. The molecule has 2 rings (SSSR count). The second kappa shape index (κ2) is 4.66. The van der Waals surface area contributed by atoms with Gasteiger partial charge in [-0.25, -0.2) is 4.58 Å². The van der Waals surface area contributed by atoms with E-state index in [-0.39, 0.29) is 5.41 Å². The number of rotatable bonds is 3. The Labute approximate surface area is 111 Å². The van der Waals surface area contributed by atoms with Crippen LogP contribution in [0.3, 0.4) is 0 Å². The summed E-state index contributed by atoms with van der Waals surface area (Å²) in [7, 11) is 2.08. The second-order valence-corrected chi connectivity index (χ2v) is 5.90. The van der Waals surface area contributed by atoms with Crippen LogP contribution in [-0.4, -0.2) is 17.3 Å². The molecule has 0 fully saturated rings. The Morgan fingerprint density at radius 2 is 1.94 bits per heavy atom. The largest absolute Gasteiger partial charge is 0.691 e. The van der Waals surface area contributed by atoms with Crippen molar-refractivity contribution in [2.45, 2.75) is 38.0 Å². The highest BCUT2D eigenvalue weighted by molar-refractivity contribution is 7.94. The number of hydrogen-bond acceptors (Lipinski definition) is 4. The zero-order valence-corrected chi connectivity index (χ0v) is 12.1. The van der Waals surface area contributed by atoms with Crippen molar-refractivity contribution < 1.29 is 19.2 Å². The molecule has 0 saturated heterocycles. The van der Waals surface area contributed by atoms with Gasteiger partial charge in [0, 0.05) is 22.9 Å². The quantitative estimate of drug-likeness (QED) is 0.365. The Morgan fingerprint density at radius 1 is 1.28 bits per heavy atom. The van der Waals surface area contributed by atoms with Gasteiger partial charge in [0.15, 0.2) is 5.71 Å². The lowest BCUT2D eigenvalue weighted by atomic mass is 9.82. The predicted molar refractivity (Wildman–Crippen MR) is 68.8 cm³/mol. The lowest BCUT2D eigenvalue weighted by molar-refractivity contribution is -0.777. The van der Waals surface area contributed by atoms with Crippen molar-refractivity contribution in [2.75, 3.05) is 7.05 Å². The fraction of sp³-hybridized carbons (Fsp3) is 0.462. The number of benzene rings is 1. The summed E-state index contributed by atoms with van der Waals surface area (Å²) in [5, 5.41) is 13.3. The van der Waals surface area contributed by atoms with Crippen LogP contribution in [0.4, 0.5) is 5.69 Å². The van der Waals surface area contributed by atoms with Gasteiger partial charge in [0.05, 0.1) is 17.5 Å². The first-order valence-electron chi connectivity index (χ1n) is 5.75. The van der Waals surface area contributed by atoms with Gasteiger partial charge in [-0.2, -0.15) is 4.33 Å². The lowest BCUT2D eigenvalue weighted by Gasteiger charge is -2.16. The van der Waals surface area contributed by atoms with Gasteiger partial charge in [-0.3, -0.25) is 5.04 Å². The topological polar surface area (TPSA) is 44.5 Å². The molecule has 0 saturated carbocycles. The number of fused-ring (bicyclic) bond motifs is 1. The Bertz CT molecular complexity index is 523. The molecule has 1 aromatic rings. The standard InChI is InChI=1S/C13H17NO3S/c1-8-6-10(18-17-16-15)7-11-12(8)14(5)9(2)13(11,3)4/h6-7H,1-5H3. The zero-order chi connectivity index (χ0) is 13.5. The molecule has 1 aliphatic heterocycles. The molecule has 1 aliphatic rings. The average Bonchev–Trinajstić information content (AvgIpc) is 2.49. The summed E-state index contributed by atoms with van der Waals surface area (Å²) in [5.41, 5.74) is 4.95. The smallest absolute Gasteiger partial charge is 0.212 e. The van der Waals surface area contributed by atoms with E-state index < -0.39 is 0 Å². The van der Waals surface area contributed by atoms with E-state index in [9.17, 15) is 5.26 Å². The van der Waals surface area contributed by atoms with Crippen LogP contribution < -0.4 is 5.26 Å². The zero-order valence-electron chi connectivity index (χ0n) is 11.2.